The topological polar surface area (TPSA) is 166 Å². The average molecular weight is 542 g/mol. The maximum atomic E-state index is 14.1. The van der Waals surface area contributed by atoms with E-state index in [1.165, 1.54) is 19.2 Å². The summed E-state index contributed by atoms with van der Waals surface area (Å²) in [5.74, 6) is -2.54. The predicted molar refractivity (Wildman–Crippen MR) is 134 cm³/mol. The number of phenolic OH excluding ortho intramolecular Hbond substituents is 2. The Bertz CT molecular complexity index is 1450. The first kappa shape index (κ1) is 26.2. The molecule has 2 bridgehead atoms. The molecule has 4 aliphatic rings. The number of phenols is 2. The van der Waals surface area contributed by atoms with Crippen LogP contribution in [-0.4, -0.2) is 93.3 Å². The third-order valence-corrected chi connectivity index (χ3v) is 8.66. The van der Waals surface area contributed by atoms with Gasteiger partial charge < -0.3 is 44.6 Å². The molecule has 2 aliphatic heterocycles. The second-order valence-electron chi connectivity index (χ2n) is 11.6. The van der Waals surface area contributed by atoms with E-state index in [0.717, 1.165) is 0 Å². The number of rotatable bonds is 2. The molecule has 0 radical (unpaired) electrons. The summed E-state index contributed by atoms with van der Waals surface area (Å²) in [6.45, 7) is 3.19. The maximum absolute atomic E-state index is 14.1. The van der Waals surface area contributed by atoms with Crippen LogP contribution in [0.2, 0.25) is 0 Å². The number of hydrogen-bond acceptors (Lipinski definition) is 11. The van der Waals surface area contributed by atoms with Crippen LogP contribution in [0.15, 0.2) is 12.1 Å². The van der Waals surface area contributed by atoms with Crippen molar-refractivity contribution in [2.24, 2.45) is 0 Å². The Morgan fingerprint density at radius 1 is 1.05 bits per heavy atom. The summed E-state index contributed by atoms with van der Waals surface area (Å²) in [5.41, 5.74) is -2.71. The van der Waals surface area contributed by atoms with Crippen molar-refractivity contribution in [3.63, 3.8) is 0 Å². The van der Waals surface area contributed by atoms with Gasteiger partial charge in [-0.05, 0) is 45.6 Å². The summed E-state index contributed by atoms with van der Waals surface area (Å²) < 4.78 is 17.4. The van der Waals surface area contributed by atoms with Gasteiger partial charge in [0.1, 0.15) is 35.1 Å². The molecule has 0 aromatic heterocycles. The summed E-state index contributed by atoms with van der Waals surface area (Å²) in [5, 5.41) is 55.4. The minimum Gasteiger partial charge on any atom is -0.507 e. The fraction of sp³-hybridized carbons (Fsp3) is 0.500. The first-order valence-electron chi connectivity index (χ1n) is 12.7. The second-order valence-corrected chi connectivity index (χ2v) is 11.6. The number of ketones is 2. The lowest BCUT2D eigenvalue weighted by Gasteiger charge is -2.53. The van der Waals surface area contributed by atoms with E-state index in [2.05, 4.69) is 0 Å². The first-order chi connectivity index (χ1) is 18.2. The Kier molecular flexibility index (Phi) is 5.52. The summed E-state index contributed by atoms with van der Waals surface area (Å²) in [4.78, 5) is 29.5. The van der Waals surface area contributed by atoms with Gasteiger partial charge >= 0.3 is 0 Å². The van der Waals surface area contributed by atoms with Crippen molar-refractivity contribution in [3.8, 4) is 17.2 Å². The lowest BCUT2D eigenvalue weighted by Crippen LogP contribution is -2.68. The molecule has 1 fully saturated rings. The van der Waals surface area contributed by atoms with E-state index in [1.54, 1.807) is 32.8 Å². The molecule has 0 spiro atoms. The van der Waals surface area contributed by atoms with Gasteiger partial charge in [-0.3, -0.25) is 9.59 Å². The summed E-state index contributed by atoms with van der Waals surface area (Å²) in [6.07, 6.45) is -4.29. The number of hydrogen-bond donors (Lipinski definition) is 5. The maximum Gasteiger partial charge on any atom is 0.228 e. The Morgan fingerprint density at radius 2 is 1.74 bits per heavy atom. The van der Waals surface area contributed by atoms with E-state index in [-0.39, 0.29) is 46.4 Å². The van der Waals surface area contributed by atoms with E-state index in [1.807, 2.05) is 0 Å². The Labute approximate surface area is 224 Å². The Hall–Kier alpha value is -3.06. The van der Waals surface area contributed by atoms with Crippen LogP contribution in [0.25, 0.3) is 0 Å². The molecule has 1 saturated heterocycles. The molecular weight excluding hydrogens is 510 g/mol. The number of methoxy groups -OCH3 is 1. The van der Waals surface area contributed by atoms with Crippen LogP contribution < -0.4 is 4.74 Å². The fourth-order valence-corrected chi connectivity index (χ4v) is 6.76. The number of aliphatic hydroxyl groups is 3. The molecule has 2 aromatic rings. The number of aromatic hydroxyl groups is 2. The number of benzene rings is 2. The molecule has 2 aliphatic carbocycles. The van der Waals surface area contributed by atoms with Gasteiger partial charge in [-0.25, -0.2) is 0 Å². The average Bonchev–Trinajstić information content (AvgIpc) is 2.84. The van der Waals surface area contributed by atoms with Crippen LogP contribution in [-0.2, 0) is 21.5 Å². The highest BCUT2D eigenvalue weighted by Gasteiger charge is 2.59. The molecule has 2 aromatic carbocycles. The zero-order valence-electron chi connectivity index (χ0n) is 22.2. The van der Waals surface area contributed by atoms with Gasteiger partial charge in [-0.15, -0.1) is 0 Å². The standard InChI is InChI=1S/C28H31NO10/c1-27(36)8-10-6-11-16(21(32)15(10)14(9-27)37-5)22(33)17-13(30)7-12-24(18(17)20(11)31)38-26-23(34)19(29(3)4)25(35)28(12,2)39-26/h6-7,14,19,23,25-26,30,32,34-36H,8-9H2,1-5H3/t14-,19-,23+,25-,26+,27?,28+/m0/s1. The van der Waals surface area contributed by atoms with Crippen LogP contribution in [0, 0.1) is 0 Å². The Balaban J connectivity index is 1.58. The van der Waals surface area contributed by atoms with Crippen LogP contribution in [0.3, 0.4) is 0 Å². The lowest BCUT2D eigenvalue weighted by molar-refractivity contribution is -0.311. The van der Waals surface area contributed by atoms with E-state index >= 15 is 0 Å². The summed E-state index contributed by atoms with van der Waals surface area (Å²) >= 11 is 0. The van der Waals surface area contributed by atoms with Crippen molar-refractivity contribution in [3.05, 3.63) is 51.1 Å². The van der Waals surface area contributed by atoms with Gasteiger partial charge in [0.05, 0.1) is 34.4 Å². The zero-order valence-corrected chi connectivity index (χ0v) is 22.2. The molecular formula is C28H31NO10. The number of carbonyl (C=O) groups excluding carboxylic acids is 2. The molecule has 7 atom stereocenters. The van der Waals surface area contributed by atoms with Crippen LogP contribution >= 0.6 is 0 Å². The number of nitrogens with zero attached hydrogens (tertiary/aromatic N) is 1. The molecule has 39 heavy (non-hydrogen) atoms. The second kappa shape index (κ2) is 8.23. The van der Waals surface area contributed by atoms with E-state index in [4.69, 9.17) is 14.2 Å². The van der Waals surface area contributed by atoms with Crippen LogP contribution in [0.5, 0.6) is 17.2 Å². The number of ether oxygens (including phenoxy) is 3. The number of carbonyl (C=O) groups is 2. The van der Waals surface area contributed by atoms with Crippen molar-refractivity contribution < 1.29 is 49.3 Å². The molecule has 11 nitrogen and oxygen atoms in total. The summed E-state index contributed by atoms with van der Waals surface area (Å²) in [6, 6.07) is 1.90. The highest BCUT2D eigenvalue weighted by Crippen LogP contribution is 2.54. The largest absolute Gasteiger partial charge is 0.507 e. The smallest absolute Gasteiger partial charge is 0.228 e. The summed E-state index contributed by atoms with van der Waals surface area (Å²) in [7, 11) is 4.80. The van der Waals surface area contributed by atoms with E-state index in [0.29, 0.717) is 11.1 Å². The van der Waals surface area contributed by atoms with E-state index in [9.17, 15) is 35.1 Å². The van der Waals surface area contributed by atoms with Gasteiger partial charge in [-0.1, -0.05) is 0 Å². The minimum atomic E-state index is -1.50. The number of fused-ring (bicyclic) bond motifs is 8. The lowest BCUT2D eigenvalue weighted by atomic mass is 9.72. The van der Waals surface area contributed by atoms with Crippen molar-refractivity contribution in [2.45, 2.75) is 68.5 Å². The van der Waals surface area contributed by atoms with Gasteiger partial charge in [0.15, 0.2) is 5.78 Å². The SMILES string of the molecule is CO[C@H]1CC(C)(O)Cc2cc3c(c(O)c21)C(=O)c1c(O)cc2c(c1C3=O)O[C@@H]1O[C@@]2(C)[C@@H](O)[C@@H](N(C)C)[C@H]1O. The molecule has 0 saturated carbocycles. The van der Waals surface area contributed by atoms with Gasteiger partial charge in [0, 0.05) is 36.6 Å². The van der Waals surface area contributed by atoms with Crippen molar-refractivity contribution in [2.75, 3.05) is 21.2 Å². The molecule has 2 heterocycles. The quantitative estimate of drug-likeness (QED) is 0.312. The highest BCUT2D eigenvalue weighted by molar-refractivity contribution is 6.31. The third-order valence-electron chi connectivity index (χ3n) is 8.66. The van der Waals surface area contributed by atoms with Crippen molar-refractivity contribution in [1.29, 1.82) is 0 Å². The fourth-order valence-electron chi connectivity index (χ4n) is 6.76. The highest BCUT2D eigenvalue weighted by atomic mass is 16.7. The molecule has 0 amide bonds. The van der Waals surface area contributed by atoms with E-state index < -0.39 is 64.9 Å². The molecule has 1 unspecified atom stereocenters. The minimum absolute atomic E-state index is 0.0835. The monoisotopic (exact) mass is 541 g/mol. The zero-order chi connectivity index (χ0) is 28.3. The Morgan fingerprint density at radius 3 is 2.38 bits per heavy atom. The number of likely N-dealkylation sites (N-methyl/N-ethyl adjacent to an activating group) is 1. The molecule has 5 N–H and O–H groups in total. The molecule has 6 rings (SSSR count). The van der Waals surface area contributed by atoms with Gasteiger partial charge in [0.2, 0.25) is 12.1 Å². The van der Waals surface area contributed by atoms with Crippen LogP contribution in [0.4, 0.5) is 0 Å². The van der Waals surface area contributed by atoms with Gasteiger partial charge in [-0.2, -0.15) is 0 Å². The van der Waals surface area contributed by atoms with Crippen molar-refractivity contribution >= 4 is 11.6 Å². The number of aliphatic hydroxyl groups excluding tert-OH is 2. The first-order valence-corrected chi connectivity index (χ1v) is 12.7. The van der Waals surface area contributed by atoms with Gasteiger partial charge in [0.25, 0.3) is 0 Å². The van der Waals surface area contributed by atoms with Crippen molar-refractivity contribution in [1.82, 2.24) is 4.90 Å². The van der Waals surface area contributed by atoms with Crippen LogP contribution in [0.1, 0.15) is 74.9 Å². The molecule has 11 heteroatoms. The third kappa shape index (κ3) is 3.38. The normalized spacial score (nSPS) is 34.6. The molecule has 208 valence electrons. The predicted octanol–water partition coefficient (Wildman–Crippen LogP) is 0.874.